The highest BCUT2D eigenvalue weighted by Crippen LogP contribution is 2.23. The van der Waals surface area contributed by atoms with Gasteiger partial charge in [0.1, 0.15) is 11.5 Å². The molecule has 3 amide bonds. The fraction of sp³-hybridized carbons (Fsp3) is 0.250. The lowest BCUT2D eigenvalue weighted by Gasteiger charge is -2.22. The number of amides is 3. The van der Waals surface area contributed by atoms with Gasteiger partial charge in [0.25, 0.3) is 0 Å². The molecule has 1 heterocycles. The largest absolute Gasteiger partial charge is 0.465 e. The zero-order valence-electron chi connectivity index (χ0n) is 20.6. The second-order valence-electron chi connectivity index (χ2n) is 8.72. The van der Waals surface area contributed by atoms with Crippen LogP contribution in [0.25, 0.3) is 0 Å². The summed E-state index contributed by atoms with van der Waals surface area (Å²) in [4.78, 5) is 37.1. The molecule has 3 aromatic carbocycles. The summed E-state index contributed by atoms with van der Waals surface area (Å²) in [7, 11) is 1.31. The van der Waals surface area contributed by atoms with E-state index >= 15 is 0 Å². The van der Waals surface area contributed by atoms with Crippen LogP contribution in [0.2, 0.25) is 0 Å². The minimum absolute atomic E-state index is 0.0824. The van der Waals surface area contributed by atoms with E-state index in [-0.39, 0.29) is 17.9 Å². The molecule has 1 saturated heterocycles. The molecule has 1 atom stereocenters. The molecule has 1 unspecified atom stereocenters. The number of carbonyl (C=O) groups is 3. The summed E-state index contributed by atoms with van der Waals surface area (Å²) in [5.41, 5.74) is 4.68. The minimum Gasteiger partial charge on any atom is -0.465 e. The van der Waals surface area contributed by atoms with Gasteiger partial charge in [-0.2, -0.15) is 0 Å². The summed E-state index contributed by atoms with van der Waals surface area (Å²) < 4.78 is 10.5. The number of carbonyl (C=O) groups excluding carboxylic acids is 3. The number of esters is 1. The lowest BCUT2D eigenvalue weighted by molar-refractivity contribution is -0.117. The lowest BCUT2D eigenvalue weighted by Crippen LogP contribution is -2.46. The van der Waals surface area contributed by atoms with Crippen LogP contribution in [0.3, 0.4) is 0 Å². The van der Waals surface area contributed by atoms with E-state index in [9.17, 15) is 14.4 Å². The summed E-state index contributed by atoms with van der Waals surface area (Å²) in [5, 5.41) is 7.24. The fourth-order valence-electron chi connectivity index (χ4n) is 4.04. The van der Waals surface area contributed by atoms with Gasteiger partial charge in [0, 0.05) is 30.9 Å². The van der Waals surface area contributed by atoms with E-state index in [0.717, 1.165) is 18.6 Å². The van der Waals surface area contributed by atoms with Crippen LogP contribution < -0.4 is 20.8 Å². The number of hydrogen-bond donors (Lipinski definition) is 3. The third-order valence-corrected chi connectivity index (χ3v) is 5.94. The second kappa shape index (κ2) is 12.5. The molecule has 0 bridgehead atoms. The van der Waals surface area contributed by atoms with Crippen LogP contribution in [0.15, 0.2) is 78.9 Å². The predicted octanol–water partition coefficient (Wildman–Crippen LogP) is 5.04. The van der Waals surface area contributed by atoms with Crippen LogP contribution in [0, 0.1) is 5.92 Å². The molecule has 0 aliphatic carbocycles. The standard InChI is InChI=1S/C28H30N4O5/c1-36-27(34)21-8-5-9-23(18-21)31-28(35)32-16-6-7-20(19-29-32)17-26(33)30-22-12-14-25(15-13-22)37-24-10-3-2-4-11-24/h2-5,8-15,18,20,29H,6-7,16-17,19H2,1H3,(H,30,33)(H,31,35). The molecule has 1 aliphatic heterocycles. The first-order chi connectivity index (χ1) is 18.0. The van der Waals surface area contributed by atoms with Crippen molar-refractivity contribution in [1.29, 1.82) is 0 Å². The summed E-state index contributed by atoms with van der Waals surface area (Å²) in [5.74, 6) is 0.967. The smallest absolute Gasteiger partial charge is 0.337 e. The number of hydrogen-bond acceptors (Lipinski definition) is 6. The summed E-state index contributed by atoms with van der Waals surface area (Å²) in [6, 6.07) is 23.0. The molecule has 0 saturated carbocycles. The van der Waals surface area contributed by atoms with E-state index in [1.165, 1.54) is 12.1 Å². The Morgan fingerprint density at radius 3 is 2.43 bits per heavy atom. The molecule has 9 nitrogen and oxygen atoms in total. The molecule has 192 valence electrons. The van der Waals surface area contributed by atoms with Crippen LogP contribution >= 0.6 is 0 Å². The molecular formula is C28H30N4O5. The number of hydrazine groups is 1. The van der Waals surface area contributed by atoms with Gasteiger partial charge in [-0.1, -0.05) is 24.3 Å². The van der Waals surface area contributed by atoms with E-state index in [2.05, 4.69) is 16.1 Å². The Morgan fingerprint density at radius 2 is 1.68 bits per heavy atom. The van der Waals surface area contributed by atoms with Crippen molar-refractivity contribution in [1.82, 2.24) is 10.4 Å². The van der Waals surface area contributed by atoms with Crippen LogP contribution in [0.5, 0.6) is 11.5 Å². The van der Waals surface area contributed by atoms with Crippen LogP contribution in [-0.2, 0) is 9.53 Å². The van der Waals surface area contributed by atoms with Crippen LogP contribution in [0.1, 0.15) is 29.6 Å². The number of para-hydroxylation sites is 1. The van der Waals surface area contributed by atoms with E-state index in [1.807, 2.05) is 54.6 Å². The second-order valence-corrected chi connectivity index (χ2v) is 8.72. The lowest BCUT2D eigenvalue weighted by atomic mass is 9.99. The number of urea groups is 1. The quantitative estimate of drug-likeness (QED) is 0.391. The Hall–Kier alpha value is -4.37. The molecule has 0 aromatic heterocycles. The van der Waals surface area contributed by atoms with Gasteiger partial charge in [0.2, 0.25) is 5.91 Å². The van der Waals surface area contributed by atoms with Crippen molar-refractivity contribution in [3.05, 3.63) is 84.4 Å². The van der Waals surface area contributed by atoms with Crippen molar-refractivity contribution in [3.63, 3.8) is 0 Å². The average molecular weight is 503 g/mol. The molecule has 0 spiro atoms. The number of ether oxygens (including phenoxy) is 2. The van der Waals surface area contributed by atoms with Crippen molar-refractivity contribution >= 4 is 29.3 Å². The monoisotopic (exact) mass is 502 g/mol. The number of benzene rings is 3. The van der Waals surface area contributed by atoms with Crippen molar-refractivity contribution in [3.8, 4) is 11.5 Å². The van der Waals surface area contributed by atoms with Crippen molar-refractivity contribution in [2.75, 3.05) is 30.8 Å². The van der Waals surface area contributed by atoms with E-state index < -0.39 is 5.97 Å². The highest BCUT2D eigenvalue weighted by atomic mass is 16.5. The van der Waals surface area contributed by atoms with Gasteiger partial charge in [-0.3, -0.25) is 9.80 Å². The number of nitrogens with one attached hydrogen (secondary N) is 3. The highest BCUT2D eigenvalue weighted by molar-refractivity contribution is 5.94. The number of nitrogens with zero attached hydrogens (tertiary/aromatic N) is 1. The van der Waals surface area contributed by atoms with Crippen molar-refractivity contribution in [2.24, 2.45) is 5.92 Å². The van der Waals surface area contributed by atoms with Gasteiger partial charge < -0.3 is 20.1 Å². The third kappa shape index (κ3) is 7.55. The Morgan fingerprint density at radius 1 is 0.919 bits per heavy atom. The average Bonchev–Trinajstić information content (AvgIpc) is 3.15. The Bertz CT molecular complexity index is 1220. The van der Waals surface area contributed by atoms with Gasteiger partial charge in [0.05, 0.1) is 12.7 Å². The van der Waals surface area contributed by atoms with Crippen LogP contribution in [0.4, 0.5) is 16.2 Å². The normalized spacial score (nSPS) is 15.3. The summed E-state index contributed by atoms with van der Waals surface area (Å²) in [6.45, 7) is 0.996. The SMILES string of the molecule is COC(=O)c1cccc(NC(=O)N2CCCC(CC(=O)Nc3ccc(Oc4ccccc4)cc3)CN2)c1. The first-order valence-electron chi connectivity index (χ1n) is 12.1. The third-order valence-electron chi connectivity index (χ3n) is 5.94. The number of rotatable bonds is 7. The fourth-order valence-corrected chi connectivity index (χ4v) is 4.04. The Kier molecular flexibility index (Phi) is 8.72. The molecule has 1 aliphatic rings. The first kappa shape index (κ1) is 25.7. The molecule has 4 rings (SSSR count). The molecule has 3 N–H and O–H groups in total. The molecule has 0 radical (unpaired) electrons. The van der Waals surface area contributed by atoms with Gasteiger partial charge in [-0.25, -0.2) is 15.0 Å². The zero-order valence-corrected chi connectivity index (χ0v) is 20.6. The molecule has 9 heteroatoms. The summed E-state index contributed by atoms with van der Waals surface area (Å²) in [6.07, 6.45) is 1.91. The number of methoxy groups -OCH3 is 1. The highest BCUT2D eigenvalue weighted by Gasteiger charge is 2.22. The maximum Gasteiger partial charge on any atom is 0.337 e. The predicted molar refractivity (Wildman–Crippen MR) is 140 cm³/mol. The van der Waals surface area contributed by atoms with Gasteiger partial charge in [0.15, 0.2) is 0 Å². The Labute approximate surface area is 215 Å². The summed E-state index contributed by atoms with van der Waals surface area (Å²) >= 11 is 0. The number of anilines is 2. The molecule has 3 aromatic rings. The van der Waals surface area contributed by atoms with Gasteiger partial charge in [-0.15, -0.1) is 0 Å². The zero-order chi connectivity index (χ0) is 26.0. The maximum absolute atomic E-state index is 12.7. The minimum atomic E-state index is -0.471. The van der Waals surface area contributed by atoms with Crippen LogP contribution in [-0.4, -0.2) is 43.1 Å². The Balaban J connectivity index is 1.24. The maximum atomic E-state index is 12.7. The van der Waals surface area contributed by atoms with Crippen molar-refractivity contribution in [2.45, 2.75) is 19.3 Å². The molecule has 37 heavy (non-hydrogen) atoms. The first-order valence-corrected chi connectivity index (χ1v) is 12.1. The van der Waals surface area contributed by atoms with Crippen molar-refractivity contribution < 1.29 is 23.9 Å². The van der Waals surface area contributed by atoms with E-state index in [4.69, 9.17) is 9.47 Å². The van der Waals surface area contributed by atoms with E-state index in [0.29, 0.717) is 42.2 Å². The van der Waals surface area contributed by atoms with E-state index in [1.54, 1.807) is 24.3 Å². The molecular weight excluding hydrogens is 472 g/mol. The molecule has 1 fully saturated rings. The topological polar surface area (TPSA) is 109 Å². The van der Waals surface area contributed by atoms with Gasteiger partial charge in [-0.05, 0) is 73.4 Å². The van der Waals surface area contributed by atoms with Gasteiger partial charge >= 0.3 is 12.0 Å².